The first-order valence-electron chi connectivity index (χ1n) is 6.11. The number of anilines is 1. The molecule has 0 atom stereocenters. The molecule has 0 bridgehead atoms. The van der Waals surface area contributed by atoms with Gasteiger partial charge in [0.1, 0.15) is 12.4 Å². The van der Waals surface area contributed by atoms with E-state index in [1.54, 1.807) is 13.0 Å². The molecule has 104 valence electrons. The van der Waals surface area contributed by atoms with Gasteiger partial charge in [-0.25, -0.2) is 9.18 Å². The number of carbonyl (C=O) groups is 1. The lowest BCUT2D eigenvalue weighted by atomic mass is 10.1. The Morgan fingerprint density at radius 3 is 2.85 bits per heavy atom. The lowest BCUT2D eigenvalue weighted by molar-refractivity contribution is 0.0470. The first-order valence-corrected chi connectivity index (χ1v) is 6.11. The number of halogens is 1. The molecule has 0 amide bonds. The molecule has 0 radical (unpaired) electrons. The predicted octanol–water partition coefficient (Wildman–Crippen LogP) is 2.78. The largest absolute Gasteiger partial charge is 0.457 e. The number of nitrogens with two attached hydrogens (primary N) is 1. The van der Waals surface area contributed by atoms with Gasteiger partial charge in [-0.05, 0) is 43.2 Å². The molecular weight excluding hydrogens is 259 g/mol. The van der Waals surface area contributed by atoms with E-state index in [9.17, 15) is 9.18 Å². The maximum absolute atomic E-state index is 13.1. The van der Waals surface area contributed by atoms with Crippen LogP contribution < -0.4 is 5.73 Å². The second-order valence-corrected chi connectivity index (χ2v) is 4.55. The first kappa shape index (κ1) is 14.0. The first-order chi connectivity index (χ1) is 9.47. The minimum absolute atomic E-state index is 0.0106. The standard InChI is InChI=1S/C15H15FN2O2/c1-9-3-4-12(16)5-11(9)8-20-15(19)14-6-13(17)7-18-10(14)2/h3-7H,8,17H2,1-2H3. The fourth-order valence-electron chi connectivity index (χ4n) is 1.77. The monoisotopic (exact) mass is 274 g/mol. The molecule has 1 heterocycles. The number of rotatable bonds is 3. The third kappa shape index (κ3) is 3.12. The zero-order valence-corrected chi connectivity index (χ0v) is 11.3. The summed E-state index contributed by atoms with van der Waals surface area (Å²) in [5, 5.41) is 0. The molecule has 2 aromatic rings. The summed E-state index contributed by atoms with van der Waals surface area (Å²) in [6.07, 6.45) is 1.48. The van der Waals surface area contributed by atoms with E-state index in [0.29, 0.717) is 22.5 Å². The van der Waals surface area contributed by atoms with Crippen LogP contribution in [0.3, 0.4) is 0 Å². The summed E-state index contributed by atoms with van der Waals surface area (Å²) in [6.45, 7) is 3.54. The minimum atomic E-state index is -0.522. The van der Waals surface area contributed by atoms with Crippen LogP contribution in [0, 0.1) is 19.7 Å². The van der Waals surface area contributed by atoms with Gasteiger partial charge in [0.05, 0.1) is 23.1 Å². The highest BCUT2D eigenvalue weighted by atomic mass is 19.1. The number of nitrogens with zero attached hydrogens (tertiary/aromatic N) is 1. The summed E-state index contributed by atoms with van der Waals surface area (Å²) in [5.41, 5.74) is 8.34. The fraction of sp³-hybridized carbons (Fsp3) is 0.200. The molecule has 1 aromatic carbocycles. The van der Waals surface area contributed by atoms with Crippen molar-refractivity contribution >= 4 is 11.7 Å². The van der Waals surface area contributed by atoms with Crippen LogP contribution in [0.5, 0.6) is 0 Å². The van der Waals surface area contributed by atoms with Gasteiger partial charge in [0.25, 0.3) is 0 Å². The van der Waals surface area contributed by atoms with E-state index in [1.807, 2.05) is 6.92 Å². The number of aryl methyl sites for hydroxylation is 2. The average molecular weight is 274 g/mol. The van der Waals surface area contributed by atoms with Crippen LogP contribution in [0.1, 0.15) is 27.2 Å². The van der Waals surface area contributed by atoms with Gasteiger partial charge in [-0.2, -0.15) is 0 Å². The molecule has 0 spiro atoms. The molecule has 0 unspecified atom stereocenters. The number of esters is 1. The molecule has 1 aromatic heterocycles. The molecule has 2 N–H and O–H groups in total. The molecule has 0 saturated heterocycles. The number of nitrogen functional groups attached to an aromatic ring is 1. The third-order valence-electron chi connectivity index (χ3n) is 3.00. The van der Waals surface area contributed by atoms with Crippen molar-refractivity contribution in [3.63, 3.8) is 0 Å². The molecular formula is C15H15FN2O2. The summed E-state index contributed by atoms with van der Waals surface area (Å²) < 4.78 is 18.3. The second-order valence-electron chi connectivity index (χ2n) is 4.55. The molecule has 0 aliphatic carbocycles. The van der Waals surface area contributed by atoms with Crippen molar-refractivity contribution in [2.45, 2.75) is 20.5 Å². The van der Waals surface area contributed by atoms with E-state index in [4.69, 9.17) is 10.5 Å². The normalized spacial score (nSPS) is 10.3. The summed E-state index contributed by atoms with van der Waals surface area (Å²) in [5.74, 6) is -0.880. The van der Waals surface area contributed by atoms with Crippen molar-refractivity contribution in [2.24, 2.45) is 0 Å². The summed E-state index contributed by atoms with van der Waals surface area (Å²) in [6, 6.07) is 5.88. The van der Waals surface area contributed by atoms with Gasteiger partial charge in [0, 0.05) is 0 Å². The van der Waals surface area contributed by atoms with Crippen molar-refractivity contribution in [3.8, 4) is 0 Å². The highest BCUT2D eigenvalue weighted by Crippen LogP contribution is 2.15. The molecule has 4 nitrogen and oxygen atoms in total. The SMILES string of the molecule is Cc1ccc(F)cc1COC(=O)c1cc(N)cnc1C. The van der Waals surface area contributed by atoms with Crippen molar-refractivity contribution in [1.29, 1.82) is 0 Å². The van der Waals surface area contributed by atoms with Gasteiger partial charge in [-0.3, -0.25) is 4.98 Å². The van der Waals surface area contributed by atoms with Crippen LogP contribution in [0.4, 0.5) is 10.1 Å². The Morgan fingerprint density at radius 2 is 2.10 bits per heavy atom. The lowest BCUT2D eigenvalue weighted by Crippen LogP contribution is -2.09. The highest BCUT2D eigenvalue weighted by molar-refractivity contribution is 5.91. The molecule has 0 aliphatic rings. The fourth-order valence-corrected chi connectivity index (χ4v) is 1.77. The number of ether oxygens (including phenoxy) is 1. The Balaban J connectivity index is 2.12. The van der Waals surface area contributed by atoms with E-state index in [2.05, 4.69) is 4.98 Å². The Bertz CT molecular complexity index is 656. The number of hydrogen-bond donors (Lipinski definition) is 1. The van der Waals surface area contributed by atoms with Gasteiger partial charge in [-0.1, -0.05) is 6.07 Å². The van der Waals surface area contributed by atoms with Crippen molar-refractivity contribution in [3.05, 3.63) is 58.7 Å². The molecule has 5 heteroatoms. The topological polar surface area (TPSA) is 65.2 Å². The summed E-state index contributed by atoms with van der Waals surface area (Å²) in [4.78, 5) is 16.0. The molecule has 0 saturated carbocycles. The zero-order chi connectivity index (χ0) is 14.7. The van der Waals surface area contributed by atoms with Crippen LogP contribution in [0.25, 0.3) is 0 Å². The van der Waals surface area contributed by atoms with E-state index in [0.717, 1.165) is 5.56 Å². The average Bonchev–Trinajstić information content (AvgIpc) is 2.42. The van der Waals surface area contributed by atoms with Gasteiger partial charge < -0.3 is 10.5 Å². The Morgan fingerprint density at radius 1 is 1.35 bits per heavy atom. The highest BCUT2D eigenvalue weighted by Gasteiger charge is 2.13. The molecule has 0 aliphatic heterocycles. The molecule has 20 heavy (non-hydrogen) atoms. The second kappa shape index (κ2) is 5.69. The Hall–Kier alpha value is -2.43. The predicted molar refractivity (Wildman–Crippen MR) is 73.6 cm³/mol. The number of pyridine rings is 1. The third-order valence-corrected chi connectivity index (χ3v) is 3.00. The Labute approximate surface area is 116 Å². The lowest BCUT2D eigenvalue weighted by Gasteiger charge is -2.09. The summed E-state index contributed by atoms with van der Waals surface area (Å²) >= 11 is 0. The van der Waals surface area contributed by atoms with Gasteiger partial charge in [0.15, 0.2) is 0 Å². The van der Waals surface area contributed by atoms with Crippen LogP contribution in [0.15, 0.2) is 30.5 Å². The van der Waals surface area contributed by atoms with Crippen LogP contribution >= 0.6 is 0 Å². The number of benzene rings is 1. The quantitative estimate of drug-likeness (QED) is 0.874. The zero-order valence-electron chi connectivity index (χ0n) is 11.3. The van der Waals surface area contributed by atoms with Gasteiger partial charge in [0.2, 0.25) is 0 Å². The van der Waals surface area contributed by atoms with E-state index in [-0.39, 0.29) is 12.4 Å². The minimum Gasteiger partial charge on any atom is -0.457 e. The Kier molecular flexibility index (Phi) is 3.98. The van der Waals surface area contributed by atoms with E-state index < -0.39 is 5.97 Å². The van der Waals surface area contributed by atoms with E-state index in [1.165, 1.54) is 24.4 Å². The van der Waals surface area contributed by atoms with Crippen LogP contribution in [-0.2, 0) is 11.3 Å². The van der Waals surface area contributed by atoms with Crippen LogP contribution in [-0.4, -0.2) is 11.0 Å². The van der Waals surface area contributed by atoms with E-state index >= 15 is 0 Å². The van der Waals surface area contributed by atoms with Crippen molar-refractivity contribution in [2.75, 3.05) is 5.73 Å². The number of carbonyl (C=O) groups excluding carboxylic acids is 1. The summed E-state index contributed by atoms with van der Waals surface area (Å²) in [7, 11) is 0. The van der Waals surface area contributed by atoms with Crippen molar-refractivity contribution < 1.29 is 13.9 Å². The molecule has 2 rings (SSSR count). The van der Waals surface area contributed by atoms with Crippen LogP contribution in [0.2, 0.25) is 0 Å². The van der Waals surface area contributed by atoms with Crippen molar-refractivity contribution in [1.82, 2.24) is 4.98 Å². The van der Waals surface area contributed by atoms with Gasteiger partial charge >= 0.3 is 5.97 Å². The number of hydrogen-bond acceptors (Lipinski definition) is 4. The maximum Gasteiger partial charge on any atom is 0.340 e. The maximum atomic E-state index is 13.1. The number of aromatic nitrogens is 1. The molecule has 0 fully saturated rings. The van der Waals surface area contributed by atoms with Gasteiger partial charge in [-0.15, -0.1) is 0 Å². The smallest absolute Gasteiger partial charge is 0.340 e.